The molecule has 14 nitrogen and oxygen atoms in total. The summed E-state index contributed by atoms with van der Waals surface area (Å²) >= 11 is 1.92. The molecule has 0 aliphatic carbocycles. The highest BCUT2D eigenvalue weighted by atomic mass is 32.2. The summed E-state index contributed by atoms with van der Waals surface area (Å²) < 4.78 is 5.39. The molecular weight excluding hydrogens is 863 g/mol. The summed E-state index contributed by atoms with van der Waals surface area (Å²) in [6.07, 6.45) is 9.01. The summed E-state index contributed by atoms with van der Waals surface area (Å²) in [4.78, 5) is 44.0. The van der Waals surface area contributed by atoms with Crippen molar-refractivity contribution >= 4 is 46.7 Å². The Balaban J connectivity index is 0.874. The van der Waals surface area contributed by atoms with Crippen LogP contribution in [0.5, 0.6) is 5.75 Å². The number of nitrogens with zero attached hydrogens (tertiary/aromatic N) is 4. The maximum Gasteiger partial charge on any atom is 0.315 e. The Morgan fingerprint density at radius 2 is 1.72 bits per heavy atom. The number of amides is 4. The zero-order valence-corrected chi connectivity index (χ0v) is 39.2. The monoisotopic (exact) mass is 925 g/mol. The molecule has 0 spiro atoms. The molecule has 4 aromatic carbocycles. The van der Waals surface area contributed by atoms with Gasteiger partial charge in [0.15, 0.2) is 0 Å². The summed E-state index contributed by atoms with van der Waals surface area (Å²) in [6.45, 7) is 6.76. The molecule has 3 aliphatic heterocycles. The van der Waals surface area contributed by atoms with Crippen LogP contribution < -0.4 is 36.2 Å². The molecule has 3 aliphatic rings. The van der Waals surface area contributed by atoms with Gasteiger partial charge in [-0.25, -0.2) is 4.79 Å². The van der Waals surface area contributed by atoms with E-state index in [1.54, 1.807) is 19.2 Å². The van der Waals surface area contributed by atoms with Gasteiger partial charge in [-0.15, -0.1) is 0 Å². The van der Waals surface area contributed by atoms with Gasteiger partial charge in [-0.2, -0.15) is 11.8 Å². The number of ether oxygens (including phenoxy) is 1. The standard InChI is InChI=1S/C52H63N9O5S/c1-4-38(15-8-9-16-47-48-45(33-67-47)57-52(65)58-48)56-44(32-35-17-21-40(22-18-35)59-60-53)50(63)54-31-11-10-12-34(2)55-39-23-25-41(26-24-39)61-49(37-19-27-42(66-3)28-20-37)43(51(61)64)29-30-46(62)36-13-6-5-7-14-36/h4-7,13-14,17-28,43-49,55-56,62H,2,8-12,15-16,29-33H2,1,3H3,(H,54,63)(H2,57,58,65)/b38-4+/t43?,44?,45?,46-,47?,48?,49?/m0/s1. The number of carbonyl (C=O) groups excluding carboxylic acids is 3. The third-order valence-electron chi connectivity index (χ3n) is 13.0. The minimum Gasteiger partial charge on any atom is -0.497 e. The second-order valence-electron chi connectivity index (χ2n) is 17.5. The minimum atomic E-state index is -0.643. The summed E-state index contributed by atoms with van der Waals surface area (Å²) in [6, 6.07) is 32.2. The van der Waals surface area contributed by atoms with Crippen molar-refractivity contribution in [1.82, 2.24) is 21.3 Å². The van der Waals surface area contributed by atoms with Gasteiger partial charge in [0, 0.05) is 57.3 Å². The lowest BCUT2D eigenvalue weighted by Gasteiger charge is -2.48. The molecular formula is C52H63N9O5S. The van der Waals surface area contributed by atoms with Crippen molar-refractivity contribution in [2.45, 2.75) is 107 Å². The third-order valence-corrected chi connectivity index (χ3v) is 14.5. The zero-order valence-electron chi connectivity index (χ0n) is 38.4. The second kappa shape index (κ2) is 23.9. The van der Waals surface area contributed by atoms with Crippen LogP contribution in [-0.4, -0.2) is 65.7 Å². The van der Waals surface area contributed by atoms with Crippen LogP contribution in [0.4, 0.5) is 21.9 Å². The maximum atomic E-state index is 13.8. The smallest absolute Gasteiger partial charge is 0.315 e. The number of carbonyl (C=O) groups is 3. The van der Waals surface area contributed by atoms with Crippen molar-refractivity contribution in [3.8, 4) is 5.75 Å². The molecule has 0 aromatic heterocycles. The fourth-order valence-corrected chi connectivity index (χ4v) is 10.8. The highest BCUT2D eigenvalue weighted by molar-refractivity contribution is 8.00. The molecule has 67 heavy (non-hydrogen) atoms. The van der Waals surface area contributed by atoms with E-state index in [1.807, 2.05) is 121 Å². The molecule has 0 saturated carbocycles. The third kappa shape index (κ3) is 12.9. The fourth-order valence-electron chi connectivity index (χ4n) is 9.27. The first-order valence-electron chi connectivity index (χ1n) is 23.4. The summed E-state index contributed by atoms with van der Waals surface area (Å²) in [5.41, 5.74) is 15.7. The Hall–Kier alpha value is -6.41. The maximum absolute atomic E-state index is 13.8. The quantitative estimate of drug-likeness (QED) is 0.00944. The van der Waals surface area contributed by atoms with E-state index in [1.165, 1.54) is 0 Å². The van der Waals surface area contributed by atoms with Crippen molar-refractivity contribution in [3.63, 3.8) is 0 Å². The molecule has 3 saturated heterocycles. The number of azide groups is 1. The number of hydrogen-bond acceptors (Lipinski definition) is 9. The summed E-state index contributed by atoms with van der Waals surface area (Å²) in [7, 11) is 1.63. The average Bonchev–Trinajstić information content (AvgIpc) is 3.91. The van der Waals surface area contributed by atoms with E-state index in [0.717, 1.165) is 89.5 Å². The average molecular weight is 926 g/mol. The number of unbranched alkanes of at least 4 members (excludes halogenated alkanes) is 2. The van der Waals surface area contributed by atoms with Crippen LogP contribution in [0.3, 0.4) is 0 Å². The van der Waals surface area contributed by atoms with Gasteiger partial charge in [-0.3, -0.25) is 9.59 Å². The van der Waals surface area contributed by atoms with Crippen molar-refractivity contribution in [2.24, 2.45) is 11.0 Å². The first kappa shape index (κ1) is 48.5. The van der Waals surface area contributed by atoms with Gasteiger partial charge in [-0.1, -0.05) is 90.9 Å². The van der Waals surface area contributed by atoms with Crippen molar-refractivity contribution in [2.75, 3.05) is 29.6 Å². The number of β-lactam (4-membered cyclic amide) rings is 1. The Bertz CT molecular complexity index is 2380. The second-order valence-corrected chi connectivity index (χ2v) is 18.8. The fraction of sp³-hybridized carbons (Fsp3) is 0.404. The first-order chi connectivity index (χ1) is 32.6. The van der Waals surface area contributed by atoms with Crippen LogP contribution in [0.1, 0.15) is 93.5 Å². The number of methoxy groups -OCH3 is 1. The van der Waals surface area contributed by atoms with E-state index in [-0.39, 0.29) is 41.9 Å². The van der Waals surface area contributed by atoms with E-state index in [9.17, 15) is 19.5 Å². The highest BCUT2D eigenvalue weighted by Crippen LogP contribution is 2.47. The van der Waals surface area contributed by atoms with Crippen LogP contribution in [0.15, 0.2) is 132 Å². The van der Waals surface area contributed by atoms with Gasteiger partial charge in [0.25, 0.3) is 0 Å². The number of rotatable bonds is 25. The molecule has 3 fully saturated rings. The number of anilines is 2. The van der Waals surface area contributed by atoms with Crippen LogP contribution >= 0.6 is 11.8 Å². The molecule has 15 heteroatoms. The number of aliphatic hydroxyl groups excluding tert-OH is 1. The number of nitrogens with one attached hydrogen (secondary N) is 5. The Labute approximate surface area is 398 Å². The van der Waals surface area contributed by atoms with Gasteiger partial charge in [0.1, 0.15) is 11.8 Å². The van der Waals surface area contributed by atoms with Gasteiger partial charge in [0.05, 0.1) is 37.3 Å². The lowest BCUT2D eigenvalue weighted by molar-refractivity contribution is -0.131. The van der Waals surface area contributed by atoms with Crippen LogP contribution in [-0.2, 0) is 16.0 Å². The molecule has 6 N–H and O–H groups in total. The number of thioether (sulfide) groups is 1. The van der Waals surface area contributed by atoms with Crippen molar-refractivity contribution < 1.29 is 24.2 Å². The molecule has 4 amide bonds. The number of fused-ring (bicyclic) bond motifs is 1. The molecule has 3 heterocycles. The highest BCUT2D eigenvalue weighted by Gasteiger charge is 2.48. The molecule has 7 rings (SSSR count). The van der Waals surface area contributed by atoms with Crippen molar-refractivity contribution in [1.29, 1.82) is 0 Å². The van der Waals surface area contributed by atoms with Gasteiger partial charge < -0.3 is 41.3 Å². The van der Waals surface area contributed by atoms with E-state index >= 15 is 0 Å². The van der Waals surface area contributed by atoms with Gasteiger partial charge >= 0.3 is 6.03 Å². The van der Waals surface area contributed by atoms with Crippen LogP contribution in [0, 0.1) is 5.92 Å². The van der Waals surface area contributed by atoms with E-state index in [2.05, 4.69) is 43.2 Å². The Morgan fingerprint density at radius 3 is 2.43 bits per heavy atom. The first-order valence-corrected chi connectivity index (χ1v) is 24.5. The Kier molecular flexibility index (Phi) is 17.3. The zero-order chi connectivity index (χ0) is 47.1. The molecule has 0 bridgehead atoms. The van der Waals surface area contributed by atoms with Crippen LogP contribution in [0.25, 0.3) is 10.4 Å². The SMILES string of the molecule is C=C(CCCCNC(=O)C(Cc1ccc(N=[N+]=[N-])cc1)N/C(=C/C)CCCCC1SCC2NC(=O)NC21)Nc1ccc(N2C(=O)C(CC[C@H](O)c3ccccc3)C2c2ccc(OC)cc2)cc1. The van der Waals surface area contributed by atoms with E-state index < -0.39 is 12.1 Å². The molecule has 4 aromatic rings. The Morgan fingerprint density at radius 1 is 0.970 bits per heavy atom. The number of allylic oxidation sites excluding steroid dienone is 3. The summed E-state index contributed by atoms with van der Waals surface area (Å²) in [5, 5.41) is 31.2. The normalized spacial score (nSPS) is 20.6. The lowest BCUT2D eigenvalue weighted by Crippen LogP contribution is -2.55. The largest absolute Gasteiger partial charge is 0.497 e. The van der Waals surface area contributed by atoms with E-state index in [4.69, 9.17) is 10.3 Å². The molecule has 352 valence electrons. The predicted molar refractivity (Wildman–Crippen MR) is 267 cm³/mol. The van der Waals surface area contributed by atoms with Crippen molar-refractivity contribution in [3.05, 3.63) is 154 Å². The number of benzene rings is 4. The molecule has 7 atom stereocenters. The molecule has 6 unspecified atom stereocenters. The molecule has 0 radical (unpaired) electrons. The van der Waals surface area contributed by atoms with Gasteiger partial charge in [0.2, 0.25) is 11.8 Å². The number of aliphatic hydroxyl groups is 1. The minimum absolute atomic E-state index is 0.0340. The number of urea groups is 1. The van der Waals surface area contributed by atoms with Gasteiger partial charge in [-0.05, 0) is 117 Å². The predicted octanol–water partition coefficient (Wildman–Crippen LogP) is 9.90. The summed E-state index contributed by atoms with van der Waals surface area (Å²) in [5.74, 6) is 1.38. The number of hydrogen-bond donors (Lipinski definition) is 6. The van der Waals surface area contributed by atoms with Crippen LogP contribution in [0.2, 0.25) is 0 Å². The van der Waals surface area contributed by atoms with E-state index in [0.29, 0.717) is 43.2 Å². The topological polar surface area (TPSA) is 193 Å². The lowest BCUT2D eigenvalue weighted by atomic mass is 9.78.